The average Bonchev–Trinajstić information content (AvgIpc) is 3.24. The van der Waals surface area contributed by atoms with Crippen molar-refractivity contribution < 1.29 is 9.13 Å². The van der Waals surface area contributed by atoms with E-state index in [1.54, 1.807) is 25.4 Å². The van der Waals surface area contributed by atoms with Gasteiger partial charge in [0.05, 0.1) is 17.3 Å². The van der Waals surface area contributed by atoms with Gasteiger partial charge in [0.2, 0.25) is 0 Å². The molecule has 6 nitrogen and oxygen atoms in total. The van der Waals surface area contributed by atoms with Crippen molar-refractivity contribution >= 4 is 29.0 Å². The summed E-state index contributed by atoms with van der Waals surface area (Å²) in [6, 6.07) is 4.75. The number of rotatable bonds is 5. The fraction of sp³-hybridized carbons (Fsp3) is 0.333. The van der Waals surface area contributed by atoms with Crippen LogP contribution in [0.1, 0.15) is 37.5 Å². The van der Waals surface area contributed by atoms with E-state index in [2.05, 4.69) is 15.4 Å². The van der Waals surface area contributed by atoms with Crippen LogP contribution in [0.2, 0.25) is 10.0 Å². The minimum absolute atomic E-state index is 0.0278. The van der Waals surface area contributed by atoms with Crippen molar-refractivity contribution in [2.24, 2.45) is 0 Å². The Balaban J connectivity index is 1.58. The lowest BCUT2D eigenvalue weighted by molar-refractivity contribution is 0.227. The Bertz CT molecular complexity index is 1050. The normalized spacial score (nSPS) is 15.9. The van der Waals surface area contributed by atoms with Crippen molar-refractivity contribution in [1.82, 2.24) is 20.1 Å². The van der Waals surface area contributed by atoms with Gasteiger partial charge in [-0.15, -0.1) is 0 Å². The summed E-state index contributed by atoms with van der Waals surface area (Å²) >= 11 is 12.3. The fourth-order valence-electron chi connectivity index (χ4n) is 3.62. The second-order valence-corrected chi connectivity index (χ2v) is 8.06. The monoisotopic (exact) mass is 448 g/mol. The molecule has 30 heavy (non-hydrogen) atoms. The van der Waals surface area contributed by atoms with Crippen molar-refractivity contribution in [3.8, 4) is 16.9 Å². The number of hydrogen-bond acceptors (Lipinski definition) is 4. The first-order valence-corrected chi connectivity index (χ1v) is 10.5. The second kappa shape index (κ2) is 8.79. The fourth-order valence-corrected chi connectivity index (χ4v) is 4.29. The number of pyridine rings is 1. The van der Waals surface area contributed by atoms with Crippen LogP contribution in [0.5, 0.6) is 5.75 Å². The lowest BCUT2D eigenvalue weighted by atomic mass is 10.1. The summed E-state index contributed by atoms with van der Waals surface area (Å²) in [5, 5.41) is 8.07. The number of nitrogens with one attached hydrogen (secondary N) is 2. The highest BCUT2D eigenvalue weighted by Crippen LogP contribution is 2.38. The van der Waals surface area contributed by atoms with E-state index in [0.29, 0.717) is 16.6 Å². The summed E-state index contributed by atoms with van der Waals surface area (Å²) in [5.41, 5.74) is 10.1. The molecule has 0 saturated carbocycles. The third-order valence-electron chi connectivity index (χ3n) is 5.26. The van der Waals surface area contributed by atoms with Gasteiger partial charge in [-0.2, -0.15) is 5.10 Å². The Morgan fingerprint density at radius 1 is 1.23 bits per heavy atom. The first kappa shape index (κ1) is 20.9. The zero-order valence-electron chi connectivity index (χ0n) is 16.3. The molecule has 1 atom stereocenters. The van der Waals surface area contributed by atoms with E-state index < -0.39 is 11.9 Å². The minimum atomic E-state index is -0.667. The van der Waals surface area contributed by atoms with Gasteiger partial charge in [-0.05, 0) is 62.4 Å². The SMILES string of the molecule is C[C@@H](Oc1cc(-c2cnn(C3CCNCC3)c2)cnc1[NH-])c1c(Cl)ccc(F)c1Cl. The molecule has 0 unspecified atom stereocenters. The Morgan fingerprint density at radius 3 is 2.77 bits per heavy atom. The summed E-state index contributed by atoms with van der Waals surface area (Å²) in [4.78, 5) is 4.14. The second-order valence-electron chi connectivity index (χ2n) is 7.28. The summed E-state index contributed by atoms with van der Waals surface area (Å²) in [6.07, 6.45) is 6.80. The lowest BCUT2D eigenvalue weighted by Crippen LogP contribution is -2.29. The van der Waals surface area contributed by atoms with Gasteiger partial charge in [-0.25, -0.2) is 4.39 Å². The van der Waals surface area contributed by atoms with E-state index in [1.807, 2.05) is 10.9 Å². The standard InChI is InChI=1S/C21H21Cl2FN5O/c1-12(19-16(22)2-3-17(24)20(19)23)30-18-8-13(9-27-21(18)25)14-10-28-29(11-14)15-4-6-26-7-5-15/h2-3,8-12,15,26H,4-7H2,1H3,(H-,25,27)/q-1/t12-/m1/s1. The van der Waals surface area contributed by atoms with Gasteiger partial charge < -0.3 is 20.8 Å². The third-order valence-corrected chi connectivity index (χ3v) is 5.97. The summed E-state index contributed by atoms with van der Waals surface area (Å²) in [5.74, 6) is -0.346. The summed E-state index contributed by atoms with van der Waals surface area (Å²) in [6.45, 7) is 3.67. The molecular weight excluding hydrogens is 428 g/mol. The molecule has 0 spiro atoms. The molecule has 1 aliphatic heterocycles. The molecule has 0 amide bonds. The molecule has 2 N–H and O–H groups in total. The van der Waals surface area contributed by atoms with Crippen LogP contribution in [0.4, 0.5) is 10.2 Å². The smallest absolute Gasteiger partial charge is 0.142 e. The Kier molecular flexibility index (Phi) is 6.13. The average molecular weight is 449 g/mol. The predicted molar refractivity (Wildman–Crippen MR) is 116 cm³/mol. The topological polar surface area (TPSA) is 75.8 Å². The van der Waals surface area contributed by atoms with Crippen molar-refractivity contribution in [3.63, 3.8) is 0 Å². The number of benzene rings is 1. The van der Waals surface area contributed by atoms with Gasteiger partial charge in [0.1, 0.15) is 17.7 Å². The van der Waals surface area contributed by atoms with Crippen molar-refractivity contribution in [2.45, 2.75) is 31.9 Å². The van der Waals surface area contributed by atoms with Gasteiger partial charge in [0.25, 0.3) is 0 Å². The van der Waals surface area contributed by atoms with Crippen molar-refractivity contribution in [1.29, 1.82) is 0 Å². The Morgan fingerprint density at radius 2 is 2.00 bits per heavy atom. The van der Waals surface area contributed by atoms with Gasteiger partial charge in [-0.1, -0.05) is 29.4 Å². The van der Waals surface area contributed by atoms with E-state index in [9.17, 15) is 4.39 Å². The Labute approximate surface area is 184 Å². The van der Waals surface area contributed by atoms with Crippen LogP contribution in [0.15, 0.2) is 36.8 Å². The van der Waals surface area contributed by atoms with Crippen LogP contribution in [-0.2, 0) is 0 Å². The zero-order chi connectivity index (χ0) is 21.3. The molecule has 0 aliphatic carbocycles. The predicted octanol–water partition coefficient (Wildman–Crippen LogP) is 6.14. The molecule has 1 aromatic carbocycles. The first-order chi connectivity index (χ1) is 14.4. The number of ether oxygens (including phenoxy) is 1. The maximum absolute atomic E-state index is 13.9. The summed E-state index contributed by atoms with van der Waals surface area (Å²) < 4.78 is 21.8. The third kappa shape index (κ3) is 4.24. The van der Waals surface area contributed by atoms with E-state index in [0.717, 1.165) is 37.1 Å². The molecular formula is C21H21Cl2FN5O-. The van der Waals surface area contributed by atoms with Gasteiger partial charge in [0.15, 0.2) is 0 Å². The van der Waals surface area contributed by atoms with Crippen LogP contribution >= 0.6 is 23.2 Å². The number of hydrogen-bond donors (Lipinski definition) is 1. The van der Waals surface area contributed by atoms with E-state index in [4.69, 9.17) is 33.7 Å². The van der Waals surface area contributed by atoms with E-state index >= 15 is 0 Å². The molecule has 4 rings (SSSR count). The molecule has 158 valence electrons. The number of aromatic nitrogens is 3. The van der Waals surface area contributed by atoms with Gasteiger partial charge in [0, 0.05) is 22.3 Å². The summed E-state index contributed by atoms with van der Waals surface area (Å²) in [7, 11) is 0. The van der Waals surface area contributed by atoms with Gasteiger partial charge >= 0.3 is 0 Å². The molecule has 0 radical (unpaired) electrons. The zero-order valence-corrected chi connectivity index (χ0v) is 17.8. The largest absolute Gasteiger partial charge is 0.486 e. The maximum Gasteiger partial charge on any atom is 0.142 e. The molecule has 3 heterocycles. The Hall–Kier alpha value is -2.35. The maximum atomic E-state index is 13.9. The highest BCUT2D eigenvalue weighted by Gasteiger charge is 2.20. The molecule has 3 aromatic rings. The van der Waals surface area contributed by atoms with E-state index in [1.165, 1.54) is 12.1 Å². The minimum Gasteiger partial charge on any atom is -0.486 e. The van der Waals surface area contributed by atoms with Gasteiger partial charge in [-0.3, -0.25) is 4.68 Å². The van der Waals surface area contributed by atoms with E-state index in [-0.39, 0.29) is 16.6 Å². The number of halogens is 3. The molecule has 2 aromatic heterocycles. The molecule has 1 aliphatic rings. The van der Waals surface area contributed by atoms with Crippen molar-refractivity contribution in [3.05, 3.63) is 63.9 Å². The van der Waals surface area contributed by atoms with Crippen LogP contribution < -0.4 is 10.1 Å². The number of piperidine rings is 1. The van der Waals surface area contributed by atoms with Crippen LogP contribution in [-0.4, -0.2) is 27.9 Å². The highest BCUT2D eigenvalue weighted by atomic mass is 35.5. The van der Waals surface area contributed by atoms with Crippen LogP contribution in [0.25, 0.3) is 16.9 Å². The molecule has 1 fully saturated rings. The van der Waals surface area contributed by atoms with Crippen molar-refractivity contribution in [2.75, 3.05) is 13.1 Å². The quantitative estimate of drug-likeness (QED) is 0.475. The molecule has 0 bridgehead atoms. The van der Waals surface area contributed by atoms with Crippen LogP contribution in [0.3, 0.4) is 0 Å². The highest BCUT2D eigenvalue weighted by molar-refractivity contribution is 6.36. The lowest BCUT2D eigenvalue weighted by Gasteiger charge is -2.23. The number of nitrogens with zero attached hydrogens (tertiary/aromatic N) is 3. The van der Waals surface area contributed by atoms with Crippen LogP contribution in [0, 0.1) is 5.82 Å². The first-order valence-electron chi connectivity index (χ1n) is 9.71. The molecule has 1 saturated heterocycles. The molecule has 9 heteroatoms.